The molecule has 1 aromatic heterocycles. The lowest BCUT2D eigenvalue weighted by atomic mass is 9.86. The van der Waals surface area contributed by atoms with Gasteiger partial charge in [0.2, 0.25) is 0 Å². The molecule has 2 aliphatic rings. The molecule has 1 aromatic rings. The molecule has 7 nitrogen and oxygen atoms in total. The largest absolute Gasteiger partial charge is 0.449 e. The molecule has 1 saturated carbocycles. The van der Waals surface area contributed by atoms with Crippen LogP contribution in [0, 0.1) is 5.92 Å². The monoisotopic (exact) mass is 395 g/mol. The van der Waals surface area contributed by atoms with E-state index in [9.17, 15) is 9.59 Å². The molecule has 3 rings (SSSR count). The summed E-state index contributed by atoms with van der Waals surface area (Å²) in [6, 6.07) is 3.54. The number of hydrogen-bond acceptors (Lipinski definition) is 5. The van der Waals surface area contributed by atoms with Crippen molar-refractivity contribution in [3.05, 3.63) is 29.0 Å². The number of halogens is 1. The molecule has 0 spiro atoms. The molecular formula is C19H26ClN3O4. The fourth-order valence-corrected chi connectivity index (χ4v) is 3.61. The van der Waals surface area contributed by atoms with E-state index in [0.29, 0.717) is 17.7 Å². The number of likely N-dealkylation sites (tertiary alicyclic amines) is 1. The Morgan fingerprint density at radius 3 is 2.56 bits per heavy atom. The first-order valence-corrected chi connectivity index (χ1v) is 9.93. The average molecular weight is 396 g/mol. The predicted octanol–water partition coefficient (Wildman–Crippen LogP) is 3.75. The van der Waals surface area contributed by atoms with Crippen LogP contribution < -0.4 is 5.32 Å². The number of alkyl carbamates (subject to hydrolysis) is 1. The molecule has 2 fully saturated rings. The molecule has 148 valence electrons. The van der Waals surface area contributed by atoms with E-state index in [2.05, 4.69) is 10.3 Å². The summed E-state index contributed by atoms with van der Waals surface area (Å²) < 4.78 is 10.7. The summed E-state index contributed by atoms with van der Waals surface area (Å²) in [6.45, 7) is 2.25. The highest BCUT2D eigenvalue weighted by Gasteiger charge is 2.25. The lowest BCUT2D eigenvalue weighted by molar-refractivity contribution is 0.0832. The van der Waals surface area contributed by atoms with Crippen LogP contribution in [-0.4, -0.2) is 47.8 Å². The van der Waals surface area contributed by atoms with Gasteiger partial charge in [0, 0.05) is 30.9 Å². The first-order valence-electron chi connectivity index (χ1n) is 9.55. The maximum Gasteiger partial charge on any atom is 0.409 e. The third-order valence-corrected chi connectivity index (χ3v) is 5.36. The molecule has 0 unspecified atom stereocenters. The van der Waals surface area contributed by atoms with Crippen LogP contribution in [0.1, 0.15) is 44.1 Å². The molecule has 1 aliphatic heterocycles. The van der Waals surface area contributed by atoms with E-state index in [1.165, 1.54) is 0 Å². The summed E-state index contributed by atoms with van der Waals surface area (Å²) in [4.78, 5) is 29.6. The summed E-state index contributed by atoms with van der Waals surface area (Å²) in [7, 11) is 0. The minimum absolute atomic E-state index is 0.103. The quantitative estimate of drug-likeness (QED) is 0.768. The van der Waals surface area contributed by atoms with Crippen LogP contribution >= 0.6 is 11.6 Å². The summed E-state index contributed by atoms with van der Waals surface area (Å²) in [6.07, 6.45) is 6.70. The molecule has 0 aromatic carbocycles. The number of rotatable bonds is 5. The number of ether oxygens (including phenoxy) is 2. The van der Waals surface area contributed by atoms with Crippen LogP contribution in [0.15, 0.2) is 18.3 Å². The van der Waals surface area contributed by atoms with Gasteiger partial charge in [0.1, 0.15) is 11.8 Å². The van der Waals surface area contributed by atoms with Crippen molar-refractivity contribution in [1.82, 2.24) is 15.2 Å². The zero-order valence-electron chi connectivity index (χ0n) is 15.4. The van der Waals surface area contributed by atoms with E-state index in [4.69, 9.17) is 21.1 Å². The average Bonchev–Trinajstić information content (AvgIpc) is 3.22. The van der Waals surface area contributed by atoms with E-state index in [-0.39, 0.29) is 18.7 Å². The molecule has 0 atom stereocenters. The van der Waals surface area contributed by atoms with Crippen LogP contribution in [0.25, 0.3) is 0 Å². The molecule has 1 N–H and O–H groups in total. The van der Waals surface area contributed by atoms with E-state index in [1.807, 2.05) is 0 Å². The second-order valence-electron chi connectivity index (χ2n) is 7.20. The van der Waals surface area contributed by atoms with Gasteiger partial charge in [-0.3, -0.25) is 0 Å². The Labute approximate surface area is 164 Å². The third-order valence-electron chi connectivity index (χ3n) is 5.13. The fourth-order valence-electron chi connectivity index (χ4n) is 3.50. The highest BCUT2D eigenvalue weighted by atomic mass is 35.5. The summed E-state index contributed by atoms with van der Waals surface area (Å²) >= 11 is 5.73. The number of carbonyl (C=O) groups is 2. The Bertz CT molecular complexity index is 626. The van der Waals surface area contributed by atoms with Crippen LogP contribution in [0.4, 0.5) is 9.59 Å². The van der Waals surface area contributed by atoms with Crippen molar-refractivity contribution in [2.75, 3.05) is 19.7 Å². The molecule has 27 heavy (non-hydrogen) atoms. The second-order valence-corrected chi connectivity index (χ2v) is 7.59. The van der Waals surface area contributed by atoms with Gasteiger partial charge in [0.25, 0.3) is 0 Å². The number of nitrogens with one attached hydrogen (secondary N) is 1. The van der Waals surface area contributed by atoms with Crippen LogP contribution in [0.3, 0.4) is 0 Å². The van der Waals surface area contributed by atoms with Gasteiger partial charge < -0.3 is 19.7 Å². The minimum Gasteiger partial charge on any atom is -0.449 e. The molecule has 1 saturated heterocycles. The number of nitrogens with zero attached hydrogens (tertiary/aromatic N) is 2. The van der Waals surface area contributed by atoms with E-state index in [1.54, 1.807) is 23.2 Å². The molecule has 2 heterocycles. The lowest BCUT2D eigenvalue weighted by Crippen LogP contribution is -2.39. The van der Waals surface area contributed by atoms with E-state index >= 15 is 0 Å². The highest BCUT2D eigenvalue weighted by Crippen LogP contribution is 2.25. The summed E-state index contributed by atoms with van der Waals surface area (Å²) in [5.74, 6) is 0.366. The standard InChI is InChI=1S/C19H26ClN3O4/c20-17-8-5-15(11-21-17)13-26-18(24)22-16-6-3-14(4-7-16)12-27-19(25)23-9-1-2-10-23/h5,8,11,14,16H,1-4,6-7,9-10,12-13H2,(H,22,24). The van der Waals surface area contributed by atoms with Crippen molar-refractivity contribution in [1.29, 1.82) is 0 Å². The van der Waals surface area contributed by atoms with Gasteiger partial charge >= 0.3 is 12.2 Å². The topological polar surface area (TPSA) is 80.8 Å². The molecule has 1 aliphatic carbocycles. The smallest absolute Gasteiger partial charge is 0.409 e. The highest BCUT2D eigenvalue weighted by molar-refractivity contribution is 6.29. The molecule has 0 radical (unpaired) electrons. The normalized spacial score (nSPS) is 22.3. The minimum atomic E-state index is -0.422. The maximum atomic E-state index is 11.9. The van der Waals surface area contributed by atoms with Gasteiger partial charge in [0.15, 0.2) is 0 Å². The van der Waals surface area contributed by atoms with Gasteiger partial charge in [-0.05, 0) is 50.5 Å². The van der Waals surface area contributed by atoms with E-state index in [0.717, 1.165) is 57.2 Å². The van der Waals surface area contributed by atoms with Crippen LogP contribution in [-0.2, 0) is 16.1 Å². The second kappa shape index (κ2) is 9.78. The molecule has 8 heteroatoms. The van der Waals surface area contributed by atoms with Gasteiger partial charge in [-0.2, -0.15) is 0 Å². The number of amides is 2. The number of hydrogen-bond donors (Lipinski definition) is 1. The van der Waals surface area contributed by atoms with Crippen molar-refractivity contribution in [2.45, 2.75) is 51.2 Å². The number of pyridine rings is 1. The zero-order valence-corrected chi connectivity index (χ0v) is 16.1. The van der Waals surface area contributed by atoms with Crippen molar-refractivity contribution in [3.63, 3.8) is 0 Å². The molecule has 2 amide bonds. The van der Waals surface area contributed by atoms with Crippen LogP contribution in [0.2, 0.25) is 5.15 Å². The van der Waals surface area contributed by atoms with Gasteiger partial charge in [0.05, 0.1) is 6.61 Å². The van der Waals surface area contributed by atoms with Crippen molar-refractivity contribution in [3.8, 4) is 0 Å². The Morgan fingerprint density at radius 2 is 1.89 bits per heavy atom. The number of aromatic nitrogens is 1. The van der Waals surface area contributed by atoms with Crippen molar-refractivity contribution in [2.24, 2.45) is 5.92 Å². The maximum absolute atomic E-state index is 11.9. The van der Waals surface area contributed by atoms with Crippen molar-refractivity contribution >= 4 is 23.8 Å². The third kappa shape index (κ3) is 6.27. The molecule has 0 bridgehead atoms. The Morgan fingerprint density at radius 1 is 1.15 bits per heavy atom. The lowest BCUT2D eigenvalue weighted by Gasteiger charge is -2.29. The Kier molecular flexibility index (Phi) is 7.15. The van der Waals surface area contributed by atoms with Gasteiger partial charge in [-0.25, -0.2) is 14.6 Å². The van der Waals surface area contributed by atoms with Crippen LogP contribution in [0.5, 0.6) is 0 Å². The van der Waals surface area contributed by atoms with Crippen molar-refractivity contribution < 1.29 is 19.1 Å². The Hall–Kier alpha value is -2.02. The Balaban J connectivity index is 1.30. The van der Waals surface area contributed by atoms with Gasteiger partial charge in [-0.15, -0.1) is 0 Å². The summed E-state index contributed by atoms with van der Waals surface area (Å²) in [5, 5.41) is 3.32. The number of carbonyl (C=O) groups excluding carboxylic acids is 2. The first-order chi connectivity index (χ1) is 13.1. The van der Waals surface area contributed by atoms with Gasteiger partial charge in [-0.1, -0.05) is 17.7 Å². The zero-order chi connectivity index (χ0) is 19.1. The first kappa shape index (κ1) is 19.7. The predicted molar refractivity (Wildman–Crippen MR) is 100 cm³/mol. The van der Waals surface area contributed by atoms with E-state index < -0.39 is 6.09 Å². The SMILES string of the molecule is O=C(NC1CCC(COC(=O)N2CCCC2)CC1)OCc1ccc(Cl)nc1. The molecular weight excluding hydrogens is 370 g/mol. The summed E-state index contributed by atoms with van der Waals surface area (Å²) in [5.41, 5.74) is 0.790. The fraction of sp³-hybridized carbons (Fsp3) is 0.632.